The summed E-state index contributed by atoms with van der Waals surface area (Å²) in [6.07, 6.45) is 2.27. The summed E-state index contributed by atoms with van der Waals surface area (Å²) >= 11 is 0. The van der Waals surface area contributed by atoms with Crippen molar-refractivity contribution in [1.82, 2.24) is 20.2 Å². The molecule has 6 nitrogen and oxygen atoms in total. The van der Waals surface area contributed by atoms with Gasteiger partial charge in [0, 0.05) is 26.1 Å². The number of imidazole rings is 1. The maximum atomic E-state index is 12.2. The van der Waals surface area contributed by atoms with Crippen LogP contribution in [0.5, 0.6) is 0 Å². The molecule has 0 fully saturated rings. The Bertz CT molecular complexity index is 391. The molecule has 2 heterocycles. The van der Waals surface area contributed by atoms with Crippen molar-refractivity contribution in [3.63, 3.8) is 0 Å². The lowest BCUT2D eigenvalue weighted by Gasteiger charge is -2.28. The zero-order valence-electron chi connectivity index (χ0n) is 9.94. The van der Waals surface area contributed by atoms with Gasteiger partial charge in [0.2, 0.25) is 5.91 Å². The standard InChI is InChI=1S/C11H18N4O2/c1-2-15(3-4-16)11(17)9-5-8-10(6-12-9)14-7-13-8/h7,9,12,16H,2-6H2,1H3,(H,13,14). The van der Waals surface area contributed by atoms with E-state index >= 15 is 0 Å². The third-order valence-corrected chi connectivity index (χ3v) is 3.09. The van der Waals surface area contributed by atoms with E-state index in [1.165, 1.54) is 0 Å². The van der Waals surface area contributed by atoms with Gasteiger partial charge in [0.25, 0.3) is 0 Å². The summed E-state index contributed by atoms with van der Waals surface area (Å²) in [7, 11) is 0. The van der Waals surface area contributed by atoms with Crippen molar-refractivity contribution in [3.05, 3.63) is 17.7 Å². The Hall–Kier alpha value is -1.40. The third kappa shape index (κ3) is 2.48. The molecule has 1 aromatic rings. The van der Waals surface area contributed by atoms with Gasteiger partial charge in [0.05, 0.1) is 30.4 Å². The fraction of sp³-hybridized carbons (Fsp3) is 0.636. The first-order valence-electron chi connectivity index (χ1n) is 5.90. The van der Waals surface area contributed by atoms with E-state index in [1.807, 2.05) is 6.92 Å². The van der Waals surface area contributed by atoms with Crippen LogP contribution in [-0.4, -0.2) is 51.6 Å². The highest BCUT2D eigenvalue weighted by Crippen LogP contribution is 2.13. The molecular weight excluding hydrogens is 220 g/mol. The minimum absolute atomic E-state index is 0.0000449. The number of fused-ring (bicyclic) bond motifs is 1. The van der Waals surface area contributed by atoms with Crippen molar-refractivity contribution in [2.75, 3.05) is 19.7 Å². The minimum Gasteiger partial charge on any atom is -0.395 e. The number of amides is 1. The highest BCUT2D eigenvalue weighted by atomic mass is 16.3. The van der Waals surface area contributed by atoms with Gasteiger partial charge in [-0.3, -0.25) is 10.1 Å². The van der Waals surface area contributed by atoms with E-state index in [2.05, 4.69) is 15.3 Å². The summed E-state index contributed by atoms with van der Waals surface area (Å²) in [6.45, 7) is 3.56. The van der Waals surface area contributed by atoms with Gasteiger partial charge in [-0.1, -0.05) is 0 Å². The van der Waals surface area contributed by atoms with Crippen LogP contribution in [0.2, 0.25) is 0 Å². The van der Waals surface area contributed by atoms with E-state index in [0.717, 1.165) is 11.4 Å². The summed E-state index contributed by atoms with van der Waals surface area (Å²) in [4.78, 5) is 21.1. The van der Waals surface area contributed by atoms with Crippen LogP contribution in [0.25, 0.3) is 0 Å². The van der Waals surface area contributed by atoms with Crippen molar-refractivity contribution in [3.8, 4) is 0 Å². The van der Waals surface area contributed by atoms with Gasteiger partial charge < -0.3 is 15.0 Å². The van der Waals surface area contributed by atoms with Gasteiger partial charge in [-0.15, -0.1) is 0 Å². The second-order valence-corrected chi connectivity index (χ2v) is 4.11. The Kier molecular flexibility index (Phi) is 3.75. The van der Waals surface area contributed by atoms with Crippen molar-refractivity contribution < 1.29 is 9.90 Å². The molecule has 17 heavy (non-hydrogen) atoms. The molecule has 0 bridgehead atoms. The molecule has 0 saturated carbocycles. The van der Waals surface area contributed by atoms with Crippen molar-refractivity contribution in [2.45, 2.75) is 25.9 Å². The van der Waals surface area contributed by atoms with Crippen molar-refractivity contribution in [1.29, 1.82) is 0 Å². The van der Waals surface area contributed by atoms with Crippen LogP contribution >= 0.6 is 0 Å². The molecule has 1 atom stereocenters. The molecule has 0 radical (unpaired) electrons. The van der Waals surface area contributed by atoms with Gasteiger partial charge in [0.15, 0.2) is 0 Å². The van der Waals surface area contributed by atoms with Gasteiger partial charge >= 0.3 is 0 Å². The first-order chi connectivity index (χ1) is 8.26. The molecule has 2 rings (SSSR count). The van der Waals surface area contributed by atoms with Gasteiger partial charge in [0.1, 0.15) is 0 Å². The molecule has 1 aliphatic heterocycles. The molecule has 1 amide bonds. The van der Waals surface area contributed by atoms with Crippen molar-refractivity contribution >= 4 is 5.91 Å². The molecule has 0 spiro atoms. The number of aliphatic hydroxyl groups excluding tert-OH is 1. The molecule has 6 heteroatoms. The zero-order chi connectivity index (χ0) is 12.3. The highest BCUT2D eigenvalue weighted by molar-refractivity contribution is 5.82. The summed E-state index contributed by atoms with van der Waals surface area (Å²) < 4.78 is 0. The number of aromatic nitrogens is 2. The summed E-state index contributed by atoms with van der Waals surface area (Å²) in [5.41, 5.74) is 2.02. The lowest BCUT2D eigenvalue weighted by Crippen LogP contribution is -2.50. The molecule has 0 aromatic carbocycles. The number of hydrogen-bond donors (Lipinski definition) is 3. The first kappa shape index (κ1) is 12.1. The highest BCUT2D eigenvalue weighted by Gasteiger charge is 2.28. The van der Waals surface area contributed by atoms with Gasteiger partial charge in [-0.25, -0.2) is 4.98 Å². The van der Waals surface area contributed by atoms with Crippen LogP contribution < -0.4 is 5.32 Å². The van der Waals surface area contributed by atoms with E-state index < -0.39 is 0 Å². The Morgan fingerprint density at radius 3 is 3.24 bits per heavy atom. The van der Waals surface area contributed by atoms with E-state index in [-0.39, 0.29) is 18.6 Å². The number of aliphatic hydroxyl groups is 1. The quantitative estimate of drug-likeness (QED) is 0.645. The molecule has 0 saturated heterocycles. The number of rotatable bonds is 4. The maximum Gasteiger partial charge on any atom is 0.240 e. The number of aromatic amines is 1. The van der Waals surface area contributed by atoms with Crippen molar-refractivity contribution in [2.24, 2.45) is 0 Å². The molecule has 0 aliphatic carbocycles. The predicted molar refractivity (Wildman–Crippen MR) is 62.3 cm³/mol. The number of carbonyl (C=O) groups is 1. The molecule has 1 aliphatic rings. The van der Waals surface area contributed by atoms with Crippen LogP contribution in [0.1, 0.15) is 18.3 Å². The molecule has 1 aromatic heterocycles. The Morgan fingerprint density at radius 2 is 2.53 bits per heavy atom. The normalized spacial score (nSPS) is 18.8. The fourth-order valence-corrected chi connectivity index (χ4v) is 2.11. The second kappa shape index (κ2) is 5.29. The fourth-order valence-electron chi connectivity index (χ4n) is 2.11. The molecule has 94 valence electrons. The number of nitrogens with one attached hydrogen (secondary N) is 2. The third-order valence-electron chi connectivity index (χ3n) is 3.09. The number of H-pyrrole nitrogens is 1. The second-order valence-electron chi connectivity index (χ2n) is 4.11. The number of likely N-dealkylation sites (N-methyl/N-ethyl adjacent to an activating group) is 1. The predicted octanol–water partition coefficient (Wildman–Crippen LogP) is -0.735. The van der Waals surface area contributed by atoms with E-state index in [4.69, 9.17) is 5.11 Å². The lowest BCUT2D eigenvalue weighted by atomic mass is 10.0. The SMILES string of the molecule is CCN(CCO)C(=O)C1Cc2nc[nH]c2CN1. The minimum atomic E-state index is -0.225. The largest absolute Gasteiger partial charge is 0.395 e. The number of nitrogens with zero attached hydrogens (tertiary/aromatic N) is 2. The van der Waals surface area contributed by atoms with Gasteiger partial charge in [-0.2, -0.15) is 0 Å². The number of carbonyl (C=O) groups excluding carboxylic acids is 1. The van der Waals surface area contributed by atoms with E-state index in [0.29, 0.717) is 26.1 Å². The summed E-state index contributed by atoms with van der Waals surface area (Å²) in [6, 6.07) is -0.225. The van der Waals surface area contributed by atoms with Crippen LogP contribution in [0.3, 0.4) is 0 Å². The zero-order valence-corrected chi connectivity index (χ0v) is 9.94. The first-order valence-corrected chi connectivity index (χ1v) is 5.90. The van der Waals surface area contributed by atoms with Crippen LogP contribution in [0.15, 0.2) is 6.33 Å². The van der Waals surface area contributed by atoms with Crippen LogP contribution in [0, 0.1) is 0 Å². The maximum absolute atomic E-state index is 12.2. The van der Waals surface area contributed by atoms with Gasteiger partial charge in [-0.05, 0) is 6.92 Å². The van der Waals surface area contributed by atoms with E-state index in [9.17, 15) is 4.79 Å². The topological polar surface area (TPSA) is 81.2 Å². The summed E-state index contributed by atoms with van der Waals surface area (Å²) in [5.74, 6) is 0.0372. The molecule has 3 N–H and O–H groups in total. The Morgan fingerprint density at radius 1 is 1.71 bits per heavy atom. The lowest BCUT2D eigenvalue weighted by molar-refractivity contribution is -0.134. The van der Waals surface area contributed by atoms with Crippen LogP contribution in [0.4, 0.5) is 0 Å². The smallest absolute Gasteiger partial charge is 0.240 e. The molecular formula is C11H18N4O2. The number of hydrogen-bond acceptors (Lipinski definition) is 4. The van der Waals surface area contributed by atoms with E-state index in [1.54, 1.807) is 11.2 Å². The average molecular weight is 238 g/mol. The monoisotopic (exact) mass is 238 g/mol. The Balaban J connectivity index is 2.02. The Labute approximate surface area is 100 Å². The summed E-state index contributed by atoms with van der Waals surface area (Å²) in [5, 5.41) is 12.1. The van der Waals surface area contributed by atoms with Crippen LogP contribution in [-0.2, 0) is 17.8 Å². The molecule has 1 unspecified atom stereocenters. The average Bonchev–Trinajstić information content (AvgIpc) is 2.82.